The highest BCUT2D eigenvalue weighted by molar-refractivity contribution is 6.31. The number of nitrogens with zero attached hydrogens (tertiary/aromatic N) is 1. The lowest BCUT2D eigenvalue weighted by Gasteiger charge is -2.24. The molecule has 3 aromatic rings. The average Bonchev–Trinajstić information content (AvgIpc) is 3.18. The summed E-state index contributed by atoms with van der Waals surface area (Å²) in [6.07, 6.45) is 0.900. The monoisotopic (exact) mass is 355 g/mol. The van der Waals surface area contributed by atoms with Gasteiger partial charge in [-0.25, -0.2) is 0 Å². The molecule has 1 aliphatic heterocycles. The Bertz CT molecular complexity index is 895. The summed E-state index contributed by atoms with van der Waals surface area (Å²) in [6, 6.07) is 16.6. The number of rotatable bonds is 4. The van der Waals surface area contributed by atoms with E-state index < -0.39 is 5.79 Å². The van der Waals surface area contributed by atoms with E-state index >= 15 is 0 Å². The molecule has 1 fully saturated rings. The molecule has 25 heavy (non-hydrogen) atoms. The van der Waals surface area contributed by atoms with Gasteiger partial charge in [0.15, 0.2) is 5.79 Å². The van der Waals surface area contributed by atoms with Crippen molar-refractivity contribution in [2.75, 3.05) is 13.2 Å². The molecule has 1 saturated heterocycles. The van der Waals surface area contributed by atoms with Crippen LogP contribution in [0.1, 0.15) is 30.7 Å². The largest absolute Gasteiger partial charge is 0.344 e. The highest BCUT2D eigenvalue weighted by Crippen LogP contribution is 2.41. The maximum Gasteiger partial charge on any atom is 0.194 e. The summed E-state index contributed by atoms with van der Waals surface area (Å²) in [6.45, 7) is 6.25. The fourth-order valence-electron chi connectivity index (χ4n) is 3.86. The maximum atomic E-state index is 6.32. The van der Waals surface area contributed by atoms with Gasteiger partial charge in [0.05, 0.1) is 13.2 Å². The van der Waals surface area contributed by atoms with Crippen molar-refractivity contribution in [2.24, 2.45) is 0 Å². The van der Waals surface area contributed by atoms with Crippen molar-refractivity contribution in [1.29, 1.82) is 0 Å². The van der Waals surface area contributed by atoms with E-state index in [1.807, 2.05) is 25.1 Å². The molecular formula is C21H22ClNO2. The molecule has 2 heterocycles. The van der Waals surface area contributed by atoms with E-state index in [4.69, 9.17) is 21.1 Å². The fraction of sp³-hybridized carbons (Fsp3) is 0.333. The average molecular weight is 356 g/mol. The van der Waals surface area contributed by atoms with Crippen LogP contribution >= 0.6 is 11.6 Å². The van der Waals surface area contributed by atoms with E-state index in [9.17, 15) is 0 Å². The quantitative estimate of drug-likeness (QED) is 0.648. The highest BCUT2D eigenvalue weighted by atomic mass is 35.5. The lowest BCUT2D eigenvalue weighted by molar-refractivity contribution is -0.149. The van der Waals surface area contributed by atoms with Gasteiger partial charge >= 0.3 is 0 Å². The Kier molecular flexibility index (Phi) is 4.32. The Balaban J connectivity index is 1.96. The van der Waals surface area contributed by atoms with Gasteiger partial charge in [-0.3, -0.25) is 0 Å². The molecule has 130 valence electrons. The molecule has 0 saturated carbocycles. The standard InChI is InChI=1S/C21H22ClNO2/c1-3-18-20(21(2)24-11-12-25-21)17-13-16(22)9-10-19(17)23(18)14-15-7-5-4-6-8-15/h4-10,13H,3,11-12,14H2,1-2H3. The molecular weight excluding hydrogens is 334 g/mol. The molecule has 0 aliphatic carbocycles. The molecule has 1 aliphatic rings. The summed E-state index contributed by atoms with van der Waals surface area (Å²) < 4.78 is 14.4. The predicted octanol–water partition coefficient (Wildman–Crippen LogP) is 5.12. The van der Waals surface area contributed by atoms with Gasteiger partial charge in [-0.05, 0) is 37.1 Å². The summed E-state index contributed by atoms with van der Waals surface area (Å²) in [5.41, 5.74) is 4.79. The number of benzene rings is 2. The Morgan fingerprint density at radius 1 is 1.08 bits per heavy atom. The van der Waals surface area contributed by atoms with Crippen LogP contribution in [0, 0.1) is 0 Å². The minimum absolute atomic E-state index is 0.617. The first-order chi connectivity index (χ1) is 12.1. The second kappa shape index (κ2) is 6.49. The number of hydrogen-bond acceptors (Lipinski definition) is 2. The molecule has 0 atom stereocenters. The van der Waals surface area contributed by atoms with E-state index in [1.54, 1.807) is 0 Å². The van der Waals surface area contributed by atoms with Crippen molar-refractivity contribution in [3.63, 3.8) is 0 Å². The summed E-state index contributed by atoms with van der Waals surface area (Å²) in [4.78, 5) is 0. The first kappa shape index (κ1) is 16.6. The van der Waals surface area contributed by atoms with Crippen molar-refractivity contribution >= 4 is 22.5 Å². The molecule has 1 aromatic heterocycles. The lowest BCUT2D eigenvalue weighted by Crippen LogP contribution is -2.24. The Hall–Kier alpha value is -1.81. The van der Waals surface area contributed by atoms with Crippen LogP contribution in [0.2, 0.25) is 5.02 Å². The van der Waals surface area contributed by atoms with Crippen LogP contribution in [0.25, 0.3) is 10.9 Å². The molecule has 2 aromatic carbocycles. The van der Waals surface area contributed by atoms with Gasteiger partial charge in [-0.15, -0.1) is 0 Å². The van der Waals surface area contributed by atoms with Crippen LogP contribution < -0.4 is 0 Å². The van der Waals surface area contributed by atoms with Crippen LogP contribution in [0.3, 0.4) is 0 Å². The normalized spacial score (nSPS) is 16.6. The van der Waals surface area contributed by atoms with Gasteiger partial charge in [0.1, 0.15) is 0 Å². The number of fused-ring (bicyclic) bond motifs is 1. The first-order valence-corrected chi connectivity index (χ1v) is 9.13. The van der Waals surface area contributed by atoms with Gasteiger partial charge in [0.25, 0.3) is 0 Å². The number of ether oxygens (including phenoxy) is 2. The molecule has 0 N–H and O–H groups in total. The zero-order valence-electron chi connectivity index (χ0n) is 14.6. The third-order valence-electron chi connectivity index (χ3n) is 4.94. The van der Waals surface area contributed by atoms with Crippen LogP contribution in [0.15, 0.2) is 48.5 Å². The summed E-state index contributed by atoms with van der Waals surface area (Å²) in [5, 5.41) is 1.85. The smallest absolute Gasteiger partial charge is 0.194 e. The van der Waals surface area contributed by atoms with Crippen molar-refractivity contribution in [3.05, 3.63) is 70.4 Å². The summed E-state index contributed by atoms with van der Waals surface area (Å²) in [5.74, 6) is -0.712. The minimum atomic E-state index is -0.712. The van der Waals surface area contributed by atoms with Gasteiger partial charge in [0.2, 0.25) is 0 Å². The Morgan fingerprint density at radius 3 is 2.48 bits per heavy atom. The zero-order chi connectivity index (χ0) is 17.4. The van der Waals surface area contributed by atoms with Gasteiger partial charge in [-0.1, -0.05) is 48.9 Å². The van der Waals surface area contributed by atoms with Crippen molar-refractivity contribution in [3.8, 4) is 0 Å². The molecule has 4 heteroatoms. The highest BCUT2D eigenvalue weighted by Gasteiger charge is 2.38. The minimum Gasteiger partial charge on any atom is -0.344 e. The van der Waals surface area contributed by atoms with Crippen LogP contribution in [0.5, 0.6) is 0 Å². The molecule has 3 nitrogen and oxygen atoms in total. The van der Waals surface area contributed by atoms with E-state index in [0.717, 1.165) is 28.9 Å². The number of aromatic nitrogens is 1. The van der Waals surface area contributed by atoms with E-state index in [-0.39, 0.29) is 0 Å². The van der Waals surface area contributed by atoms with Crippen LogP contribution in [0.4, 0.5) is 0 Å². The van der Waals surface area contributed by atoms with Gasteiger partial charge in [0, 0.05) is 33.7 Å². The van der Waals surface area contributed by atoms with Gasteiger partial charge in [-0.2, -0.15) is 0 Å². The number of halogens is 1. The second-order valence-corrected chi connectivity index (χ2v) is 6.99. The molecule has 4 rings (SSSR count). The Labute approximate surface area is 153 Å². The topological polar surface area (TPSA) is 23.4 Å². The number of hydrogen-bond donors (Lipinski definition) is 0. The van der Waals surface area contributed by atoms with Crippen molar-refractivity contribution in [2.45, 2.75) is 32.6 Å². The van der Waals surface area contributed by atoms with E-state index in [2.05, 4.69) is 41.8 Å². The Morgan fingerprint density at radius 2 is 1.80 bits per heavy atom. The zero-order valence-corrected chi connectivity index (χ0v) is 15.3. The molecule has 0 unspecified atom stereocenters. The van der Waals surface area contributed by atoms with Crippen molar-refractivity contribution < 1.29 is 9.47 Å². The van der Waals surface area contributed by atoms with Gasteiger partial charge < -0.3 is 14.0 Å². The van der Waals surface area contributed by atoms with Crippen LogP contribution in [-0.4, -0.2) is 17.8 Å². The summed E-state index contributed by atoms with van der Waals surface area (Å²) >= 11 is 6.32. The third kappa shape index (κ3) is 2.86. The molecule has 0 amide bonds. The maximum absolute atomic E-state index is 6.32. The second-order valence-electron chi connectivity index (χ2n) is 6.55. The first-order valence-electron chi connectivity index (χ1n) is 8.75. The summed E-state index contributed by atoms with van der Waals surface area (Å²) in [7, 11) is 0. The molecule has 0 bridgehead atoms. The van der Waals surface area contributed by atoms with E-state index in [0.29, 0.717) is 13.2 Å². The van der Waals surface area contributed by atoms with E-state index in [1.165, 1.54) is 16.8 Å². The predicted molar refractivity (Wildman–Crippen MR) is 101 cm³/mol. The molecule has 0 spiro atoms. The van der Waals surface area contributed by atoms with Crippen LogP contribution in [-0.2, 0) is 28.2 Å². The molecule has 0 radical (unpaired) electrons. The third-order valence-corrected chi connectivity index (χ3v) is 5.18. The fourth-order valence-corrected chi connectivity index (χ4v) is 4.03. The SMILES string of the molecule is CCc1c(C2(C)OCCO2)c2cc(Cl)ccc2n1Cc1ccccc1. The van der Waals surface area contributed by atoms with Crippen molar-refractivity contribution in [1.82, 2.24) is 4.57 Å². The lowest BCUT2D eigenvalue weighted by atomic mass is 10.0.